The summed E-state index contributed by atoms with van der Waals surface area (Å²) in [6, 6.07) is 9.05. The first-order valence-electron chi connectivity index (χ1n) is 10.3. The smallest absolute Gasteiger partial charge is 0.248 e. The molecule has 1 saturated carbocycles. The highest BCUT2D eigenvalue weighted by Crippen LogP contribution is 2.52. The van der Waals surface area contributed by atoms with Gasteiger partial charge in [0, 0.05) is 32.7 Å². The minimum Gasteiger partial charge on any atom is -0.375 e. The number of likely N-dealkylation sites (tertiary alicyclic amines) is 1. The van der Waals surface area contributed by atoms with E-state index in [9.17, 15) is 9.59 Å². The Morgan fingerprint density at radius 2 is 1.96 bits per heavy atom. The third-order valence-corrected chi connectivity index (χ3v) is 6.85. The molecule has 0 bridgehead atoms. The molecule has 0 aromatic heterocycles. The highest BCUT2D eigenvalue weighted by Gasteiger charge is 2.46. The second kappa shape index (κ2) is 7.63. The summed E-state index contributed by atoms with van der Waals surface area (Å²) in [7, 11) is 1.57. The Morgan fingerprint density at radius 3 is 2.63 bits per heavy atom. The van der Waals surface area contributed by atoms with Gasteiger partial charge in [0.15, 0.2) is 0 Å². The van der Waals surface area contributed by atoms with Crippen molar-refractivity contribution in [1.29, 1.82) is 0 Å². The molecular formula is C22H30N2O3. The molecule has 2 fully saturated rings. The molecular weight excluding hydrogens is 340 g/mol. The van der Waals surface area contributed by atoms with E-state index >= 15 is 0 Å². The maximum Gasteiger partial charge on any atom is 0.248 e. The molecule has 1 heterocycles. The van der Waals surface area contributed by atoms with Gasteiger partial charge in [0.05, 0.1) is 0 Å². The second-order valence-corrected chi connectivity index (χ2v) is 8.48. The molecule has 4 rings (SSSR count). The van der Waals surface area contributed by atoms with Crippen molar-refractivity contribution >= 4 is 11.8 Å². The second-order valence-electron chi connectivity index (χ2n) is 8.48. The van der Waals surface area contributed by atoms with E-state index in [0.29, 0.717) is 18.4 Å². The van der Waals surface area contributed by atoms with Gasteiger partial charge in [-0.1, -0.05) is 24.3 Å². The van der Waals surface area contributed by atoms with Gasteiger partial charge in [-0.3, -0.25) is 9.59 Å². The molecule has 1 atom stereocenters. The van der Waals surface area contributed by atoms with Gasteiger partial charge in [0.2, 0.25) is 11.8 Å². The van der Waals surface area contributed by atoms with E-state index in [4.69, 9.17) is 4.74 Å². The lowest BCUT2D eigenvalue weighted by Crippen LogP contribution is -2.45. The van der Waals surface area contributed by atoms with Gasteiger partial charge in [-0.2, -0.15) is 0 Å². The molecule has 5 heteroatoms. The van der Waals surface area contributed by atoms with E-state index < -0.39 is 0 Å². The number of benzene rings is 1. The zero-order valence-electron chi connectivity index (χ0n) is 16.2. The van der Waals surface area contributed by atoms with E-state index in [1.807, 2.05) is 4.90 Å². The van der Waals surface area contributed by atoms with Crippen LogP contribution in [0.2, 0.25) is 0 Å². The van der Waals surface area contributed by atoms with Crippen LogP contribution in [-0.2, 0) is 19.7 Å². The van der Waals surface area contributed by atoms with Crippen LogP contribution < -0.4 is 5.32 Å². The van der Waals surface area contributed by atoms with Crippen LogP contribution in [0, 0.1) is 0 Å². The van der Waals surface area contributed by atoms with Crippen molar-refractivity contribution in [3.8, 4) is 0 Å². The fourth-order valence-electron chi connectivity index (χ4n) is 5.15. The van der Waals surface area contributed by atoms with Crippen LogP contribution in [0.3, 0.4) is 0 Å². The van der Waals surface area contributed by atoms with Crippen LogP contribution in [-0.4, -0.2) is 49.6 Å². The van der Waals surface area contributed by atoms with Gasteiger partial charge < -0.3 is 15.0 Å². The summed E-state index contributed by atoms with van der Waals surface area (Å²) < 4.78 is 5.00. The summed E-state index contributed by atoms with van der Waals surface area (Å²) >= 11 is 0. The number of nitrogens with zero attached hydrogens (tertiary/aromatic N) is 1. The molecule has 3 aliphatic rings. The van der Waals surface area contributed by atoms with E-state index in [1.165, 1.54) is 17.5 Å². The summed E-state index contributed by atoms with van der Waals surface area (Å²) in [6.07, 6.45) is 7.04. The number of rotatable bonds is 5. The van der Waals surface area contributed by atoms with Crippen molar-refractivity contribution < 1.29 is 14.3 Å². The van der Waals surface area contributed by atoms with Crippen molar-refractivity contribution in [1.82, 2.24) is 10.2 Å². The number of carbonyl (C=O) groups is 2. The molecule has 1 aliphatic heterocycles. The van der Waals surface area contributed by atoms with Gasteiger partial charge in [0.1, 0.15) is 6.61 Å². The Hall–Kier alpha value is -1.88. The van der Waals surface area contributed by atoms with Gasteiger partial charge >= 0.3 is 0 Å². The van der Waals surface area contributed by atoms with Crippen molar-refractivity contribution in [2.75, 3.05) is 26.8 Å². The van der Waals surface area contributed by atoms with Crippen LogP contribution in [0.1, 0.15) is 62.0 Å². The monoisotopic (exact) mass is 370 g/mol. The first-order chi connectivity index (χ1) is 13.1. The number of hydrogen-bond donors (Lipinski definition) is 1. The summed E-state index contributed by atoms with van der Waals surface area (Å²) in [5.41, 5.74) is 2.87. The Morgan fingerprint density at radius 1 is 1.22 bits per heavy atom. The molecule has 2 aliphatic carbocycles. The summed E-state index contributed by atoms with van der Waals surface area (Å²) in [5, 5.41) is 3.20. The average molecular weight is 370 g/mol. The van der Waals surface area contributed by atoms with E-state index in [0.717, 1.165) is 45.2 Å². The fraction of sp³-hybridized carbons (Fsp3) is 0.636. The molecule has 146 valence electrons. The van der Waals surface area contributed by atoms with Crippen molar-refractivity contribution in [2.45, 2.75) is 62.3 Å². The number of methoxy groups -OCH3 is 1. The number of fused-ring (bicyclic) bond motifs is 2. The molecule has 1 N–H and O–H groups in total. The molecule has 2 amide bonds. The fourth-order valence-corrected chi connectivity index (χ4v) is 5.15. The average Bonchev–Trinajstić information content (AvgIpc) is 2.93. The predicted octanol–water partition coefficient (Wildman–Crippen LogP) is 2.74. The standard InChI is InChI=1S/C22H30N2O3/c1-27-15-21(26)24-11-9-22(10-12-24)14-16(18-7-2-3-8-19(18)22)13-20(25)23-17-5-4-6-17/h2-3,7-8,16-17H,4-6,9-15H2,1H3,(H,23,25). The van der Waals surface area contributed by atoms with E-state index in [1.54, 1.807) is 7.11 Å². The first-order valence-corrected chi connectivity index (χ1v) is 10.3. The maximum atomic E-state index is 12.5. The van der Waals surface area contributed by atoms with Crippen LogP contribution in [0.15, 0.2) is 24.3 Å². The van der Waals surface area contributed by atoms with Gasteiger partial charge in [-0.15, -0.1) is 0 Å². The largest absolute Gasteiger partial charge is 0.375 e. The molecule has 1 unspecified atom stereocenters. The minimum atomic E-state index is 0.0788. The number of hydrogen-bond acceptors (Lipinski definition) is 3. The number of piperidine rings is 1. The zero-order chi connectivity index (χ0) is 18.9. The van der Waals surface area contributed by atoms with E-state index in [2.05, 4.69) is 29.6 Å². The zero-order valence-corrected chi connectivity index (χ0v) is 16.2. The van der Waals surface area contributed by atoms with E-state index in [-0.39, 0.29) is 23.8 Å². The highest BCUT2D eigenvalue weighted by atomic mass is 16.5. The minimum absolute atomic E-state index is 0.0788. The lowest BCUT2D eigenvalue weighted by molar-refractivity contribution is -0.136. The van der Waals surface area contributed by atoms with Gasteiger partial charge in [0.25, 0.3) is 0 Å². The van der Waals surface area contributed by atoms with Crippen LogP contribution in [0.25, 0.3) is 0 Å². The molecule has 1 aromatic rings. The number of ether oxygens (including phenoxy) is 1. The van der Waals surface area contributed by atoms with Gasteiger partial charge in [-0.25, -0.2) is 0 Å². The van der Waals surface area contributed by atoms with Crippen LogP contribution in [0.5, 0.6) is 0 Å². The number of carbonyl (C=O) groups excluding carboxylic acids is 2. The number of nitrogens with one attached hydrogen (secondary N) is 1. The Bertz CT molecular complexity index is 705. The summed E-state index contributed by atoms with van der Waals surface area (Å²) in [4.78, 5) is 26.6. The lowest BCUT2D eigenvalue weighted by Gasteiger charge is -2.40. The molecule has 5 nitrogen and oxygen atoms in total. The Kier molecular flexibility index (Phi) is 5.22. The lowest BCUT2D eigenvalue weighted by atomic mass is 9.73. The summed E-state index contributed by atoms with van der Waals surface area (Å²) in [5.74, 6) is 0.571. The highest BCUT2D eigenvalue weighted by molar-refractivity contribution is 5.78. The molecule has 1 spiro atoms. The van der Waals surface area contributed by atoms with Crippen molar-refractivity contribution in [2.24, 2.45) is 0 Å². The number of amides is 2. The molecule has 0 radical (unpaired) electrons. The quantitative estimate of drug-likeness (QED) is 0.867. The summed E-state index contributed by atoms with van der Waals surface area (Å²) in [6.45, 7) is 1.71. The van der Waals surface area contributed by atoms with Crippen molar-refractivity contribution in [3.05, 3.63) is 35.4 Å². The Labute approximate surface area is 161 Å². The van der Waals surface area contributed by atoms with Gasteiger partial charge in [-0.05, 0) is 61.0 Å². The maximum absolute atomic E-state index is 12.5. The molecule has 27 heavy (non-hydrogen) atoms. The first kappa shape index (κ1) is 18.5. The Balaban J connectivity index is 1.45. The topological polar surface area (TPSA) is 58.6 Å². The normalized spacial score (nSPS) is 23.7. The molecule has 1 aromatic carbocycles. The SMILES string of the molecule is COCC(=O)N1CCC2(CC1)CC(CC(=O)NC1CCC1)c1ccccc12. The third kappa shape index (κ3) is 3.62. The van der Waals surface area contributed by atoms with Crippen molar-refractivity contribution in [3.63, 3.8) is 0 Å². The van der Waals surface area contributed by atoms with Crippen LogP contribution in [0.4, 0.5) is 0 Å². The molecule has 1 saturated heterocycles. The predicted molar refractivity (Wildman–Crippen MR) is 104 cm³/mol. The third-order valence-electron chi connectivity index (χ3n) is 6.85. The van der Waals surface area contributed by atoms with Crippen LogP contribution >= 0.6 is 0 Å².